The monoisotopic (exact) mass is 441 g/mol. The number of nitro groups is 1. The van der Waals surface area contributed by atoms with Crippen LogP contribution in [0.4, 0.5) is 11.4 Å². The molecule has 0 fully saturated rings. The van der Waals surface area contributed by atoms with E-state index in [1.807, 2.05) is 30.3 Å². The number of hydrogen-bond donors (Lipinski definition) is 2. The molecule has 30 heavy (non-hydrogen) atoms. The topological polar surface area (TPSA) is 93.5 Å². The Hall–Kier alpha value is -3.49. The first-order valence-corrected chi connectivity index (χ1v) is 9.54. The molecule has 0 saturated carbocycles. The number of halogens is 1. The Labute approximate surface area is 182 Å². The quantitative estimate of drug-likeness (QED) is 0.319. The number of carbonyl (C=O) groups is 1. The van der Waals surface area contributed by atoms with E-state index in [0.717, 1.165) is 5.56 Å². The maximum Gasteiger partial charge on any atom is 0.271 e. The van der Waals surface area contributed by atoms with Gasteiger partial charge >= 0.3 is 0 Å². The Morgan fingerprint density at radius 1 is 1.07 bits per heavy atom. The lowest BCUT2D eigenvalue weighted by atomic mass is 10.2. The Balaban J connectivity index is 1.55. The van der Waals surface area contributed by atoms with Gasteiger partial charge in [0.2, 0.25) is 0 Å². The summed E-state index contributed by atoms with van der Waals surface area (Å²) in [6.07, 6.45) is 0. The Morgan fingerprint density at radius 3 is 2.40 bits per heavy atom. The fraction of sp³-hybridized carbons (Fsp3) is 0.0476. The molecule has 3 aromatic rings. The van der Waals surface area contributed by atoms with Crippen molar-refractivity contribution in [3.05, 3.63) is 99.1 Å². The highest BCUT2D eigenvalue weighted by Crippen LogP contribution is 2.26. The summed E-state index contributed by atoms with van der Waals surface area (Å²) in [6.45, 7) is 0.427. The smallest absolute Gasteiger partial charge is 0.271 e. The van der Waals surface area contributed by atoms with E-state index in [9.17, 15) is 14.9 Å². The van der Waals surface area contributed by atoms with Crippen molar-refractivity contribution in [2.24, 2.45) is 0 Å². The summed E-state index contributed by atoms with van der Waals surface area (Å²) in [4.78, 5) is 22.6. The standard InChI is InChI=1S/C21H16ClN3O4S/c22-18-12-16(25(27)28)8-11-19(18)23-21(30)24-20(26)15-6-9-17(10-7-15)29-13-14-4-2-1-3-5-14/h1-12H,13H2,(H2,23,24,26,30). The van der Waals surface area contributed by atoms with E-state index in [4.69, 9.17) is 28.6 Å². The molecule has 0 atom stereocenters. The van der Waals surface area contributed by atoms with Crippen LogP contribution in [0.2, 0.25) is 5.02 Å². The van der Waals surface area contributed by atoms with Crippen molar-refractivity contribution in [3.8, 4) is 5.75 Å². The third-order valence-electron chi connectivity index (χ3n) is 4.00. The van der Waals surface area contributed by atoms with Gasteiger partial charge in [0.05, 0.1) is 15.6 Å². The van der Waals surface area contributed by atoms with E-state index < -0.39 is 10.8 Å². The second kappa shape index (κ2) is 9.82. The van der Waals surface area contributed by atoms with Crippen molar-refractivity contribution >= 4 is 46.2 Å². The largest absolute Gasteiger partial charge is 0.489 e. The van der Waals surface area contributed by atoms with Crippen LogP contribution in [-0.4, -0.2) is 15.9 Å². The molecule has 0 spiro atoms. The van der Waals surface area contributed by atoms with Gasteiger partial charge in [-0.3, -0.25) is 20.2 Å². The molecule has 0 aromatic heterocycles. The maximum atomic E-state index is 12.4. The molecule has 3 rings (SSSR count). The summed E-state index contributed by atoms with van der Waals surface area (Å²) in [7, 11) is 0. The summed E-state index contributed by atoms with van der Waals surface area (Å²) in [6, 6.07) is 20.3. The predicted molar refractivity (Wildman–Crippen MR) is 119 cm³/mol. The highest BCUT2D eigenvalue weighted by molar-refractivity contribution is 7.80. The third-order valence-corrected chi connectivity index (χ3v) is 4.52. The SMILES string of the molecule is O=C(NC(=S)Nc1ccc([N+](=O)[O-])cc1Cl)c1ccc(OCc2ccccc2)cc1. The van der Waals surface area contributed by atoms with Crippen LogP contribution in [0.3, 0.4) is 0 Å². The lowest BCUT2D eigenvalue weighted by Crippen LogP contribution is -2.34. The van der Waals surface area contributed by atoms with E-state index in [1.165, 1.54) is 18.2 Å². The summed E-state index contributed by atoms with van der Waals surface area (Å²) >= 11 is 11.1. The number of hydrogen-bond acceptors (Lipinski definition) is 5. The lowest BCUT2D eigenvalue weighted by Gasteiger charge is -2.11. The first kappa shape index (κ1) is 21.2. The zero-order valence-electron chi connectivity index (χ0n) is 15.5. The number of amides is 1. The summed E-state index contributed by atoms with van der Waals surface area (Å²) in [5.74, 6) is 0.217. The van der Waals surface area contributed by atoms with Gasteiger partial charge in [0.1, 0.15) is 12.4 Å². The van der Waals surface area contributed by atoms with Crippen molar-refractivity contribution in [3.63, 3.8) is 0 Å². The number of ether oxygens (including phenoxy) is 1. The number of nitrogens with zero attached hydrogens (tertiary/aromatic N) is 1. The van der Waals surface area contributed by atoms with Crippen molar-refractivity contribution in [1.82, 2.24) is 5.32 Å². The minimum absolute atomic E-state index is 0.0140. The van der Waals surface area contributed by atoms with Crippen molar-refractivity contribution in [1.29, 1.82) is 0 Å². The molecule has 0 saturated heterocycles. The van der Waals surface area contributed by atoms with Gasteiger partial charge in [0.15, 0.2) is 5.11 Å². The summed E-state index contributed by atoms with van der Waals surface area (Å²) < 4.78 is 5.69. The minimum atomic E-state index is -0.553. The van der Waals surface area contributed by atoms with Gasteiger partial charge in [-0.2, -0.15) is 0 Å². The molecule has 0 bridgehead atoms. The Bertz CT molecular complexity index is 1080. The third kappa shape index (κ3) is 5.76. The first-order chi connectivity index (χ1) is 14.4. The number of benzene rings is 3. The normalized spacial score (nSPS) is 10.2. The Morgan fingerprint density at radius 2 is 1.77 bits per heavy atom. The van der Waals surface area contributed by atoms with Crippen LogP contribution < -0.4 is 15.4 Å². The molecular formula is C21H16ClN3O4S. The van der Waals surface area contributed by atoms with Gasteiger partial charge < -0.3 is 10.1 Å². The van der Waals surface area contributed by atoms with Gasteiger partial charge in [0.25, 0.3) is 11.6 Å². The van der Waals surface area contributed by atoms with Crippen LogP contribution in [0.5, 0.6) is 5.75 Å². The number of anilines is 1. The molecule has 0 radical (unpaired) electrons. The average Bonchev–Trinajstić information content (AvgIpc) is 2.74. The molecule has 0 heterocycles. The van der Waals surface area contributed by atoms with E-state index >= 15 is 0 Å². The van der Waals surface area contributed by atoms with Crippen molar-refractivity contribution in [2.75, 3.05) is 5.32 Å². The van der Waals surface area contributed by atoms with E-state index in [0.29, 0.717) is 23.6 Å². The molecule has 7 nitrogen and oxygen atoms in total. The van der Waals surface area contributed by atoms with Crippen LogP contribution in [-0.2, 0) is 6.61 Å². The Kier molecular flexibility index (Phi) is 6.95. The van der Waals surface area contributed by atoms with Gasteiger partial charge in [-0.15, -0.1) is 0 Å². The molecule has 3 aromatic carbocycles. The molecule has 0 aliphatic carbocycles. The van der Waals surface area contributed by atoms with Gasteiger partial charge in [-0.05, 0) is 48.1 Å². The van der Waals surface area contributed by atoms with Crippen LogP contribution in [0.1, 0.15) is 15.9 Å². The van der Waals surface area contributed by atoms with Gasteiger partial charge in [-0.1, -0.05) is 41.9 Å². The zero-order valence-corrected chi connectivity index (χ0v) is 17.1. The highest BCUT2D eigenvalue weighted by Gasteiger charge is 2.12. The number of non-ortho nitro benzene ring substituents is 1. The predicted octanol–water partition coefficient (Wildman–Crippen LogP) is 4.95. The van der Waals surface area contributed by atoms with Gasteiger partial charge in [-0.25, -0.2) is 0 Å². The molecule has 9 heteroatoms. The molecule has 152 valence electrons. The van der Waals surface area contributed by atoms with Crippen molar-refractivity contribution in [2.45, 2.75) is 6.61 Å². The second-order valence-electron chi connectivity index (χ2n) is 6.13. The molecule has 0 unspecified atom stereocenters. The number of nitro benzene ring substituents is 1. The minimum Gasteiger partial charge on any atom is -0.489 e. The average molecular weight is 442 g/mol. The highest BCUT2D eigenvalue weighted by atomic mass is 35.5. The molecule has 1 amide bonds. The van der Waals surface area contributed by atoms with Crippen LogP contribution >= 0.6 is 23.8 Å². The van der Waals surface area contributed by atoms with Gasteiger partial charge in [0, 0.05) is 17.7 Å². The molecule has 0 aliphatic rings. The summed E-state index contributed by atoms with van der Waals surface area (Å²) in [5.41, 5.74) is 1.63. The van der Waals surface area contributed by atoms with E-state index in [-0.39, 0.29) is 15.8 Å². The van der Waals surface area contributed by atoms with E-state index in [2.05, 4.69) is 10.6 Å². The fourth-order valence-corrected chi connectivity index (χ4v) is 2.92. The fourth-order valence-electron chi connectivity index (χ4n) is 2.49. The molecular weight excluding hydrogens is 426 g/mol. The van der Waals surface area contributed by atoms with Crippen LogP contribution in [0.25, 0.3) is 0 Å². The van der Waals surface area contributed by atoms with E-state index in [1.54, 1.807) is 24.3 Å². The second-order valence-corrected chi connectivity index (χ2v) is 6.94. The summed E-state index contributed by atoms with van der Waals surface area (Å²) in [5, 5.41) is 16.2. The molecule has 0 aliphatic heterocycles. The number of nitrogens with one attached hydrogen (secondary N) is 2. The molecule has 2 N–H and O–H groups in total. The van der Waals surface area contributed by atoms with Crippen LogP contribution in [0.15, 0.2) is 72.8 Å². The number of rotatable bonds is 6. The maximum absolute atomic E-state index is 12.4. The van der Waals surface area contributed by atoms with Crippen molar-refractivity contribution < 1.29 is 14.5 Å². The number of thiocarbonyl (C=S) groups is 1. The van der Waals surface area contributed by atoms with Crippen LogP contribution in [0, 0.1) is 10.1 Å². The number of carbonyl (C=O) groups excluding carboxylic acids is 1. The first-order valence-electron chi connectivity index (χ1n) is 8.75. The zero-order chi connectivity index (χ0) is 21.5. The lowest BCUT2D eigenvalue weighted by molar-refractivity contribution is -0.384.